The van der Waals surface area contributed by atoms with Gasteiger partial charge >= 0.3 is 6.18 Å². The van der Waals surface area contributed by atoms with E-state index in [1.165, 1.54) is 12.3 Å². The van der Waals surface area contributed by atoms with Crippen molar-refractivity contribution in [2.75, 3.05) is 20.1 Å². The Morgan fingerprint density at radius 3 is 2.50 bits per heavy atom. The van der Waals surface area contributed by atoms with E-state index < -0.39 is 17.6 Å². The van der Waals surface area contributed by atoms with E-state index in [9.17, 15) is 22.4 Å². The average molecular weight is 592 g/mol. The SMILES string of the molecule is CN(Cc1ccc(C(F)(F)F)c(F)c1)C1CN(C(=O)c2ccc(-n3cccn3)nc2)C[C@@H]1c1ccc(Cl)c(Cl)c1. The van der Waals surface area contributed by atoms with E-state index in [2.05, 4.69) is 10.1 Å². The van der Waals surface area contributed by atoms with Gasteiger partial charge in [0.2, 0.25) is 0 Å². The van der Waals surface area contributed by atoms with Crippen LogP contribution in [0.25, 0.3) is 5.82 Å². The second-order valence-electron chi connectivity index (χ2n) is 9.64. The highest BCUT2D eigenvalue weighted by atomic mass is 35.5. The zero-order valence-corrected chi connectivity index (χ0v) is 22.6. The molecular formula is C28H23Cl2F4N5O. The minimum Gasteiger partial charge on any atom is -0.336 e. The quantitative estimate of drug-likeness (QED) is 0.241. The van der Waals surface area contributed by atoms with Crippen LogP contribution in [-0.2, 0) is 12.7 Å². The summed E-state index contributed by atoms with van der Waals surface area (Å²) in [6.45, 7) is 0.845. The van der Waals surface area contributed by atoms with Crippen molar-refractivity contribution in [1.82, 2.24) is 24.6 Å². The number of benzene rings is 2. The van der Waals surface area contributed by atoms with E-state index in [1.54, 1.807) is 59.4 Å². The Morgan fingerprint density at radius 2 is 1.88 bits per heavy atom. The maximum atomic E-state index is 14.2. The van der Waals surface area contributed by atoms with Crippen LogP contribution in [0.15, 0.2) is 73.2 Å². The number of alkyl halides is 3. The standard InChI is InChI=1S/C28H23Cl2F4N5O/c1-37(14-17-3-6-21(24(31)11-17)28(32,33)34)25-16-38(15-20(25)18-4-7-22(29)23(30)12-18)27(40)19-5-8-26(35-13-19)39-10-2-9-36-39/h2-13,20,25H,14-16H2,1H3/t20-,25?/m1/s1. The van der Waals surface area contributed by atoms with Crippen molar-refractivity contribution < 1.29 is 22.4 Å². The lowest BCUT2D eigenvalue weighted by Gasteiger charge is -2.29. The molecular weight excluding hydrogens is 569 g/mol. The molecule has 2 aromatic heterocycles. The molecule has 40 heavy (non-hydrogen) atoms. The predicted octanol–water partition coefficient (Wildman–Crippen LogP) is 6.47. The van der Waals surface area contributed by atoms with Crippen LogP contribution < -0.4 is 0 Å². The molecule has 5 rings (SSSR count). The van der Waals surface area contributed by atoms with Gasteiger partial charge < -0.3 is 4.90 Å². The highest BCUT2D eigenvalue weighted by molar-refractivity contribution is 6.42. The first kappa shape index (κ1) is 28.1. The Morgan fingerprint density at radius 1 is 1.07 bits per heavy atom. The van der Waals surface area contributed by atoms with Crippen molar-refractivity contribution in [2.45, 2.75) is 24.7 Å². The summed E-state index contributed by atoms with van der Waals surface area (Å²) in [5, 5.41) is 4.90. The number of halogens is 6. The molecule has 2 aromatic carbocycles. The minimum atomic E-state index is -4.77. The fourth-order valence-corrected chi connectivity index (χ4v) is 5.30. The maximum Gasteiger partial charge on any atom is 0.419 e. The number of amides is 1. The van der Waals surface area contributed by atoms with E-state index in [0.29, 0.717) is 40.1 Å². The number of carbonyl (C=O) groups is 1. The van der Waals surface area contributed by atoms with E-state index in [4.69, 9.17) is 23.2 Å². The number of carbonyl (C=O) groups excluding carboxylic acids is 1. The van der Waals surface area contributed by atoms with Crippen LogP contribution in [0.1, 0.15) is 33.0 Å². The van der Waals surface area contributed by atoms with E-state index >= 15 is 0 Å². The molecule has 3 heterocycles. The lowest BCUT2D eigenvalue weighted by Crippen LogP contribution is -2.38. The van der Waals surface area contributed by atoms with Crippen LogP contribution >= 0.6 is 23.2 Å². The summed E-state index contributed by atoms with van der Waals surface area (Å²) in [6, 6.07) is 13.1. The van der Waals surface area contributed by atoms with Crippen LogP contribution in [0.4, 0.5) is 17.6 Å². The largest absolute Gasteiger partial charge is 0.419 e. The third-order valence-corrected chi connectivity index (χ3v) is 7.76. The maximum absolute atomic E-state index is 14.2. The van der Waals surface area contributed by atoms with E-state index in [1.807, 2.05) is 11.0 Å². The van der Waals surface area contributed by atoms with Crippen molar-refractivity contribution in [1.29, 1.82) is 0 Å². The molecule has 0 saturated carbocycles. The van der Waals surface area contributed by atoms with E-state index in [-0.39, 0.29) is 24.4 Å². The Balaban J connectivity index is 1.39. The van der Waals surface area contributed by atoms with Gasteiger partial charge in [-0.3, -0.25) is 9.69 Å². The number of pyridine rings is 1. The Kier molecular flexibility index (Phi) is 7.85. The Labute approximate surface area is 237 Å². The molecule has 1 saturated heterocycles. The van der Waals surface area contributed by atoms with Gasteiger partial charge in [0, 0.05) is 50.2 Å². The molecule has 0 bridgehead atoms. The molecule has 0 N–H and O–H groups in total. The summed E-state index contributed by atoms with van der Waals surface area (Å²) in [5.74, 6) is -1.17. The fraction of sp³-hybridized carbons (Fsp3) is 0.250. The predicted molar refractivity (Wildman–Crippen MR) is 143 cm³/mol. The van der Waals surface area contributed by atoms with Crippen molar-refractivity contribution in [2.24, 2.45) is 0 Å². The first-order valence-electron chi connectivity index (χ1n) is 12.3. The number of nitrogens with zero attached hydrogens (tertiary/aromatic N) is 5. The molecule has 1 fully saturated rings. The van der Waals surface area contributed by atoms with E-state index in [0.717, 1.165) is 17.7 Å². The second kappa shape index (κ2) is 11.2. The summed E-state index contributed by atoms with van der Waals surface area (Å²) in [7, 11) is 1.79. The zero-order chi connectivity index (χ0) is 28.6. The van der Waals surface area contributed by atoms with Crippen molar-refractivity contribution in [3.63, 3.8) is 0 Å². The number of aromatic nitrogens is 3. The normalized spacial score (nSPS) is 17.6. The van der Waals surface area contributed by atoms with Crippen molar-refractivity contribution >= 4 is 29.1 Å². The third-order valence-electron chi connectivity index (χ3n) is 7.02. The van der Waals surface area contributed by atoms with Crippen LogP contribution in [0.2, 0.25) is 10.0 Å². The lowest BCUT2D eigenvalue weighted by molar-refractivity contribution is -0.140. The monoisotopic (exact) mass is 591 g/mol. The van der Waals surface area contributed by atoms with Gasteiger partial charge in [-0.2, -0.15) is 18.3 Å². The number of rotatable bonds is 6. The molecule has 1 amide bonds. The van der Waals surface area contributed by atoms with Crippen molar-refractivity contribution in [3.8, 4) is 5.82 Å². The first-order chi connectivity index (χ1) is 19.0. The van der Waals surface area contributed by atoms with Crippen LogP contribution in [0, 0.1) is 5.82 Å². The Hall–Kier alpha value is -3.47. The smallest absolute Gasteiger partial charge is 0.336 e. The number of likely N-dealkylation sites (tertiary alicyclic amines) is 1. The fourth-order valence-electron chi connectivity index (χ4n) is 5.00. The number of hydrogen-bond donors (Lipinski definition) is 0. The Bertz CT molecular complexity index is 1510. The molecule has 6 nitrogen and oxygen atoms in total. The van der Waals surface area contributed by atoms with Gasteiger partial charge in [0.15, 0.2) is 5.82 Å². The van der Waals surface area contributed by atoms with Gasteiger partial charge in [0.1, 0.15) is 5.82 Å². The average Bonchev–Trinajstić information content (AvgIpc) is 3.60. The van der Waals surface area contributed by atoms with Crippen LogP contribution in [0.5, 0.6) is 0 Å². The summed E-state index contributed by atoms with van der Waals surface area (Å²) in [5.41, 5.74) is 0.325. The zero-order valence-electron chi connectivity index (χ0n) is 21.1. The van der Waals surface area contributed by atoms with Gasteiger partial charge in [-0.25, -0.2) is 14.1 Å². The summed E-state index contributed by atoms with van der Waals surface area (Å²) in [4.78, 5) is 21.4. The van der Waals surface area contributed by atoms with Gasteiger partial charge in [-0.1, -0.05) is 35.3 Å². The highest BCUT2D eigenvalue weighted by Crippen LogP contribution is 2.36. The lowest BCUT2D eigenvalue weighted by atomic mass is 9.93. The van der Waals surface area contributed by atoms with Gasteiger partial charge in [-0.05, 0) is 60.6 Å². The van der Waals surface area contributed by atoms with Gasteiger partial charge in [-0.15, -0.1) is 0 Å². The molecule has 208 valence electrons. The summed E-state index contributed by atoms with van der Waals surface area (Å²) >= 11 is 12.4. The van der Waals surface area contributed by atoms with Gasteiger partial charge in [0.05, 0.1) is 21.2 Å². The molecule has 0 aliphatic carbocycles. The molecule has 2 atom stereocenters. The molecule has 4 aromatic rings. The minimum absolute atomic E-state index is 0.166. The summed E-state index contributed by atoms with van der Waals surface area (Å²) in [6.07, 6.45) is 0.0969. The second-order valence-corrected chi connectivity index (χ2v) is 10.5. The molecule has 1 aliphatic heterocycles. The summed E-state index contributed by atoms with van der Waals surface area (Å²) < 4.78 is 54.9. The van der Waals surface area contributed by atoms with Crippen LogP contribution in [-0.4, -0.2) is 56.7 Å². The third kappa shape index (κ3) is 5.84. The number of hydrogen-bond acceptors (Lipinski definition) is 4. The molecule has 1 unspecified atom stereocenters. The topological polar surface area (TPSA) is 54.3 Å². The molecule has 0 spiro atoms. The molecule has 1 aliphatic rings. The van der Waals surface area contributed by atoms with Gasteiger partial charge in [0.25, 0.3) is 5.91 Å². The van der Waals surface area contributed by atoms with Crippen molar-refractivity contribution in [3.05, 3.63) is 111 Å². The highest BCUT2D eigenvalue weighted by Gasteiger charge is 2.39. The molecule has 0 radical (unpaired) electrons. The van der Waals surface area contributed by atoms with Crippen LogP contribution in [0.3, 0.4) is 0 Å². The first-order valence-corrected chi connectivity index (χ1v) is 13.0. The number of likely N-dealkylation sites (N-methyl/N-ethyl adjacent to an activating group) is 1. The molecule has 12 heteroatoms.